The standard InChI is InChI=1S/C8H10NPTe/c1-9(2)7-3-5-8(10-11)6-4-7/h3-6H,1-2H3. The van der Waals surface area contributed by atoms with E-state index in [4.69, 9.17) is 0 Å². The predicted molar refractivity (Wildman–Crippen MR) is 53.1 cm³/mol. The second-order valence-corrected chi connectivity index (χ2v) is 4.76. The van der Waals surface area contributed by atoms with Crippen molar-refractivity contribution in [2.45, 2.75) is 0 Å². The summed E-state index contributed by atoms with van der Waals surface area (Å²) in [5, 5.41) is 1.38. The zero-order valence-corrected chi connectivity index (χ0v) is 9.84. The first kappa shape index (κ1) is 9.20. The molecule has 0 aromatic heterocycles. The van der Waals surface area contributed by atoms with Crippen molar-refractivity contribution in [3.05, 3.63) is 24.3 Å². The van der Waals surface area contributed by atoms with Crippen LogP contribution in [0.4, 0.5) is 5.69 Å². The van der Waals surface area contributed by atoms with Crippen molar-refractivity contribution in [1.82, 2.24) is 0 Å². The number of anilines is 1. The Bertz CT molecular complexity index is 243. The fraction of sp³-hybridized carbons (Fsp3) is 0.250. The van der Waals surface area contributed by atoms with E-state index in [9.17, 15) is 0 Å². The molecule has 58 valence electrons. The summed E-state index contributed by atoms with van der Waals surface area (Å²) in [6.07, 6.45) is 0. The average Bonchev–Trinajstić information content (AvgIpc) is 2.05. The van der Waals surface area contributed by atoms with Crippen molar-refractivity contribution in [2.75, 3.05) is 19.0 Å². The van der Waals surface area contributed by atoms with Crippen LogP contribution in [0.15, 0.2) is 24.3 Å². The third-order valence-electron chi connectivity index (χ3n) is 1.47. The van der Waals surface area contributed by atoms with Crippen LogP contribution in [0.5, 0.6) is 0 Å². The summed E-state index contributed by atoms with van der Waals surface area (Å²) in [4.78, 5) is 2.11. The van der Waals surface area contributed by atoms with Gasteiger partial charge in [-0.1, -0.05) is 0 Å². The van der Waals surface area contributed by atoms with E-state index >= 15 is 0 Å². The van der Waals surface area contributed by atoms with Crippen LogP contribution in [0.2, 0.25) is 0 Å². The Labute approximate surface area is 81.2 Å². The Kier molecular flexibility index (Phi) is 3.52. The van der Waals surface area contributed by atoms with Gasteiger partial charge >= 0.3 is 81.3 Å². The van der Waals surface area contributed by atoms with Crippen LogP contribution in [0.25, 0.3) is 0 Å². The average molecular weight is 279 g/mol. The summed E-state index contributed by atoms with van der Waals surface area (Å²) < 4.78 is 0. The van der Waals surface area contributed by atoms with Crippen molar-refractivity contribution in [3.63, 3.8) is 0 Å². The van der Waals surface area contributed by atoms with E-state index in [1.165, 1.54) is 16.8 Å². The summed E-state index contributed by atoms with van der Waals surface area (Å²) in [7, 11) is 4.11. The van der Waals surface area contributed by atoms with Crippen LogP contribution in [-0.4, -0.2) is 35.3 Å². The molecule has 0 heterocycles. The SMILES string of the molecule is CN(C)c1ccc(P=[Te])cc1. The van der Waals surface area contributed by atoms with Gasteiger partial charge in [0.15, 0.2) is 0 Å². The Morgan fingerprint density at radius 2 is 1.73 bits per heavy atom. The van der Waals surface area contributed by atoms with Gasteiger partial charge in [-0.2, -0.15) is 0 Å². The fourth-order valence-corrected chi connectivity index (χ4v) is 2.12. The van der Waals surface area contributed by atoms with E-state index < -0.39 is 0 Å². The molecule has 0 bridgehead atoms. The van der Waals surface area contributed by atoms with Crippen LogP contribution in [0.3, 0.4) is 0 Å². The molecule has 0 aliphatic rings. The number of benzene rings is 1. The molecule has 0 spiro atoms. The van der Waals surface area contributed by atoms with E-state index in [-0.39, 0.29) is 0 Å². The monoisotopic (exact) mass is 281 g/mol. The third-order valence-corrected chi connectivity index (χ3v) is 3.79. The van der Waals surface area contributed by atoms with E-state index in [1.54, 1.807) is 0 Å². The normalized spacial score (nSPS) is 10.0. The molecule has 0 radical (unpaired) electrons. The summed E-state index contributed by atoms with van der Waals surface area (Å²) in [5.74, 6) is 1.35. The first-order valence-electron chi connectivity index (χ1n) is 3.35. The van der Waals surface area contributed by atoms with Gasteiger partial charge in [-0.25, -0.2) is 0 Å². The zero-order valence-electron chi connectivity index (χ0n) is 6.61. The Balaban J connectivity index is 2.91. The van der Waals surface area contributed by atoms with Gasteiger partial charge in [-0.05, 0) is 0 Å². The maximum atomic E-state index is 2.17. The summed E-state index contributed by atoms with van der Waals surface area (Å²) >= 11 is 2.08. The van der Waals surface area contributed by atoms with Gasteiger partial charge in [0.05, 0.1) is 0 Å². The third kappa shape index (κ3) is 2.56. The fourth-order valence-electron chi connectivity index (χ4n) is 0.812. The molecule has 0 N–H and O–H groups in total. The number of rotatable bonds is 2. The van der Waals surface area contributed by atoms with E-state index in [0.29, 0.717) is 0 Å². The molecule has 3 heteroatoms. The van der Waals surface area contributed by atoms with Crippen LogP contribution >= 0.6 is 5.81 Å². The maximum absolute atomic E-state index is 2.17. The van der Waals surface area contributed by atoms with Crippen molar-refractivity contribution in [1.29, 1.82) is 0 Å². The quantitative estimate of drug-likeness (QED) is 0.584. The van der Waals surface area contributed by atoms with E-state index in [0.717, 1.165) is 0 Å². The molecule has 0 unspecified atom stereocenters. The molecule has 0 amide bonds. The van der Waals surface area contributed by atoms with Crippen LogP contribution in [0, 0.1) is 0 Å². The number of nitrogens with zero attached hydrogens (tertiary/aromatic N) is 1. The van der Waals surface area contributed by atoms with Gasteiger partial charge in [0, 0.05) is 0 Å². The Morgan fingerprint density at radius 1 is 1.18 bits per heavy atom. The number of hydrogen-bond donors (Lipinski definition) is 0. The van der Waals surface area contributed by atoms with Crippen LogP contribution in [-0.2, 0) is 0 Å². The molecule has 1 nitrogen and oxygen atoms in total. The topological polar surface area (TPSA) is 3.24 Å². The van der Waals surface area contributed by atoms with Gasteiger partial charge in [0.2, 0.25) is 0 Å². The first-order chi connectivity index (χ1) is 5.24. The van der Waals surface area contributed by atoms with Crippen molar-refractivity contribution >= 4 is 38.0 Å². The Hall–Kier alpha value is 0.110. The molecule has 1 aromatic rings. The van der Waals surface area contributed by atoms with Gasteiger partial charge < -0.3 is 0 Å². The minimum atomic E-state index is 1.26. The minimum absolute atomic E-state index is 1.26. The molecule has 0 atom stereocenters. The Morgan fingerprint density at radius 3 is 2.09 bits per heavy atom. The van der Waals surface area contributed by atoms with Crippen molar-refractivity contribution < 1.29 is 0 Å². The molecule has 0 aliphatic carbocycles. The second kappa shape index (κ2) is 4.21. The van der Waals surface area contributed by atoms with Gasteiger partial charge in [-0.3, -0.25) is 0 Å². The number of hydrogen-bond acceptors (Lipinski definition) is 1. The van der Waals surface area contributed by atoms with Crippen LogP contribution in [0.1, 0.15) is 0 Å². The second-order valence-electron chi connectivity index (χ2n) is 2.50. The van der Waals surface area contributed by atoms with Crippen molar-refractivity contribution in [3.8, 4) is 0 Å². The summed E-state index contributed by atoms with van der Waals surface area (Å²) in [6, 6.07) is 8.62. The molecule has 1 rings (SSSR count). The molecule has 0 saturated carbocycles. The summed E-state index contributed by atoms with van der Waals surface area (Å²) in [6.45, 7) is 0. The van der Waals surface area contributed by atoms with E-state index in [2.05, 4.69) is 64.5 Å². The molecule has 11 heavy (non-hydrogen) atoms. The van der Waals surface area contributed by atoms with E-state index in [1.807, 2.05) is 0 Å². The van der Waals surface area contributed by atoms with Gasteiger partial charge in [0.1, 0.15) is 0 Å². The summed E-state index contributed by atoms with van der Waals surface area (Å²) in [5.41, 5.74) is 1.26. The molecular formula is C8H10NPTe. The molecule has 0 saturated heterocycles. The molecule has 0 fully saturated rings. The zero-order chi connectivity index (χ0) is 8.27. The predicted octanol–water partition coefficient (Wildman–Crippen LogP) is 1.41. The van der Waals surface area contributed by atoms with Gasteiger partial charge in [0.25, 0.3) is 0 Å². The first-order valence-corrected chi connectivity index (χ1v) is 7.28. The molecular weight excluding hydrogens is 269 g/mol. The van der Waals surface area contributed by atoms with Crippen molar-refractivity contribution in [2.24, 2.45) is 0 Å². The molecule has 0 aliphatic heterocycles. The van der Waals surface area contributed by atoms with Gasteiger partial charge in [-0.15, -0.1) is 0 Å². The van der Waals surface area contributed by atoms with Crippen LogP contribution < -0.4 is 10.2 Å². The molecule has 1 aromatic carbocycles.